The third-order valence-electron chi connectivity index (χ3n) is 3.77. The van der Waals surface area contributed by atoms with E-state index in [1.54, 1.807) is 16.6 Å². The number of likely N-dealkylation sites (tertiary alicyclic amines) is 1. The molecule has 0 spiro atoms. The molecule has 1 fully saturated rings. The standard InChI is InChI=1S/C13H19N3O3/c1-4-10-9(7-15(2)14-10)12-8(13(18)19)5-6-11(17)16(12)3/h7-8,12H,4-6H2,1-3H3,(H,18,19). The van der Waals surface area contributed by atoms with Crippen molar-refractivity contribution in [2.75, 3.05) is 7.05 Å². The molecule has 0 aliphatic carbocycles. The summed E-state index contributed by atoms with van der Waals surface area (Å²) in [6, 6.07) is -0.414. The number of rotatable bonds is 3. The van der Waals surface area contributed by atoms with E-state index >= 15 is 0 Å². The van der Waals surface area contributed by atoms with Crippen molar-refractivity contribution in [1.82, 2.24) is 14.7 Å². The topological polar surface area (TPSA) is 75.4 Å². The molecule has 6 heteroatoms. The van der Waals surface area contributed by atoms with E-state index in [2.05, 4.69) is 5.10 Å². The molecule has 1 aliphatic rings. The van der Waals surface area contributed by atoms with Gasteiger partial charge >= 0.3 is 5.97 Å². The summed E-state index contributed by atoms with van der Waals surface area (Å²) in [6.07, 6.45) is 3.24. The molecule has 0 aromatic carbocycles. The monoisotopic (exact) mass is 265 g/mol. The smallest absolute Gasteiger partial charge is 0.308 e. The Morgan fingerprint density at radius 1 is 1.53 bits per heavy atom. The highest BCUT2D eigenvalue weighted by Crippen LogP contribution is 2.37. The zero-order chi connectivity index (χ0) is 14.2. The van der Waals surface area contributed by atoms with Gasteiger partial charge in [0.05, 0.1) is 17.7 Å². The minimum absolute atomic E-state index is 0.00611. The van der Waals surface area contributed by atoms with E-state index in [4.69, 9.17) is 0 Å². The van der Waals surface area contributed by atoms with Crippen molar-refractivity contribution in [1.29, 1.82) is 0 Å². The van der Waals surface area contributed by atoms with Crippen LogP contribution < -0.4 is 0 Å². The van der Waals surface area contributed by atoms with Crippen molar-refractivity contribution in [3.8, 4) is 0 Å². The molecule has 0 bridgehead atoms. The molecule has 6 nitrogen and oxygen atoms in total. The van der Waals surface area contributed by atoms with Gasteiger partial charge in [0.2, 0.25) is 5.91 Å². The van der Waals surface area contributed by atoms with E-state index < -0.39 is 17.9 Å². The quantitative estimate of drug-likeness (QED) is 0.883. The van der Waals surface area contributed by atoms with Crippen molar-refractivity contribution >= 4 is 11.9 Å². The van der Waals surface area contributed by atoms with Crippen LogP contribution in [0.3, 0.4) is 0 Å². The van der Waals surface area contributed by atoms with Gasteiger partial charge in [-0.1, -0.05) is 6.92 Å². The van der Waals surface area contributed by atoms with Crippen LogP contribution in [-0.4, -0.2) is 38.7 Å². The number of piperidine rings is 1. The van der Waals surface area contributed by atoms with Crippen LogP contribution in [0.1, 0.15) is 37.1 Å². The van der Waals surface area contributed by atoms with Crippen LogP contribution in [0.5, 0.6) is 0 Å². The van der Waals surface area contributed by atoms with E-state index in [-0.39, 0.29) is 5.91 Å². The van der Waals surface area contributed by atoms with E-state index in [1.807, 2.05) is 20.2 Å². The SMILES string of the molecule is CCc1nn(C)cc1C1C(C(=O)O)CCC(=O)N1C. The van der Waals surface area contributed by atoms with Crippen LogP contribution in [0.25, 0.3) is 0 Å². The van der Waals surface area contributed by atoms with Gasteiger partial charge in [-0.25, -0.2) is 0 Å². The number of amides is 1. The van der Waals surface area contributed by atoms with E-state index in [9.17, 15) is 14.7 Å². The third-order valence-corrected chi connectivity index (χ3v) is 3.77. The highest BCUT2D eigenvalue weighted by Gasteiger charge is 2.40. The van der Waals surface area contributed by atoms with Crippen molar-refractivity contribution in [3.05, 3.63) is 17.5 Å². The first-order valence-electron chi connectivity index (χ1n) is 6.46. The minimum Gasteiger partial charge on any atom is -0.481 e. The van der Waals surface area contributed by atoms with E-state index in [0.717, 1.165) is 17.7 Å². The van der Waals surface area contributed by atoms with Crippen LogP contribution >= 0.6 is 0 Å². The van der Waals surface area contributed by atoms with Gasteiger partial charge < -0.3 is 10.0 Å². The normalized spacial score (nSPS) is 23.7. The maximum Gasteiger partial charge on any atom is 0.308 e. The highest BCUT2D eigenvalue weighted by atomic mass is 16.4. The summed E-state index contributed by atoms with van der Waals surface area (Å²) in [5.74, 6) is -1.42. The Labute approximate surface area is 112 Å². The number of carboxylic acid groups (broad SMARTS) is 1. The summed E-state index contributed by atoms with van der Waals surface area (Å²) in [5, 5.41) is 13.7. The lowest BCUT2D eigenvalue weighted by Crippen LogP contribution is -2.43. The first kappa shape index (κ1) is 13.6. The second-order valence-electron chi connectivity index (χ2n) is 4.99. The van der Waals surface area contributed by atoms with Crippen molar-refractivity contribution < 1.29 is 14.7 Å². The molecule has 104 valence electrons. The zero-order valence-corrected chi connectivity index (χ0v) is 11.5. The molecule has 1 aromatic rings. The van der Waals surface area contributed by atoms with Crippen molar-refractivity contribution in [2.45, 2.75) is 32.2 Å². The summed E-state index contributed by atoms with van der Waals surface area (Å²) < 4.78 is 1.68. The largest absolute Gasteiger partial charge is 0.481 e. The number of carboxylic acids is 1. The number of hydrogen-bond acceptors (Lipinski definition) is 3. The second kappa shape index (κ2) is 5.03. The number of aryl methyl sites for hydroxylation is 2. The lowest BCUT2D eigenvalue weighted by molar-refractivity contribution is -0.150. The molecule has 2 unspecified atom stereocenters. The van der Waals surface area contributed by atoms with Crippen LogP contribution in [0.4, 0.5) is 0 Å². The minimum atomic E-state index is -0.852. The Bertz CT molecular complexity index is 509. The molecule has 19 heavy (non-hydrogen) atoms. The third kappa shape index (κ3) is 2.34. The predicted molar refractivity (Wildman–Crippen MR) is 68.5 cm³/mol. The summed E-state index contributed by atoms with van der Waals surface area (Å²) in [5.41, 5.74) is 1.72. The molecule has 0 radical (unpaired) electrons. The molecular weight excluding hydrogens is 246 g/mol. The highest BCUT2D eigenvalue weighted by molar-refractivity contribution is 5.81. The lowest BCUT2D eigenvalue weighted by Gasteiger charge is -2.37. The second-order valence-corrected chi connectivity index (χ2v) is 4.99. The van der Waals surface area contributed by atoms with Crippen molar-refractivity contribution in [2.24, 2.45) is 13.0 Å². The van der Waals surface area contributed by atoms with Crippen LogP contribution in [0.2, 0.25) is 0 Å². The molecular formula is C13H19N3O3. The summed E-state index contributed by atoms with van der Waals surface area (Å²) >= 11 is 0. The fourth-order valence-corrected chi connectivity index (χ4v) is 2.80. The number of aliphatic carboxylic acids is 1. The fourth-order valence-electron chi connectivity index (χ4n) is 2.80. The first-order chi connectivity index (χ1) is 8.95. The van der Waals surface area contributed by atoms with Crippen LogP contribution in [0, 0.1) is 5.92 Å². The molecule has 2 atom stereocenters. The molecule has 1 aliphatic heterocycles. The predicted octanol–water partition coefficient (Wildman–Crippen LogP) is 0.977. The number of nitrogens with zero attached hydrogens (tertiary/aromatic N) is 3. The Balaban J connectivity index is 2.46. The molecule has 1 N–H and O–H groups in total. The number of carbonyl (C=O) groups excluding carboxylic acids is 1. The van der Waals surface area contributed by atoms with Gasteiger partial charge in [0, 0.05) is 32.3 Å². The van der Waals surface area contributed by atoms with Crippen LogP contribution in [0.15, 0.2) is 6.20 Å². The van der Waals surface area contributed by atoms with Gasteiger partial charge in [-0.3, -0.25) is 14.3 Å². The lowest BCUT2D eigenvalue weighted by atomic mass is 9.84. The van der Waals surface area contributed by atoms with Gasteiger partial charge in [0.25, 0.3) is 0 Å². The fraction of sp³-hybridized carbons (Fsp3) is 0.615. The maximum absolute atomic E-state index is 11.9. The maximum atomic E-state index is 11.9. The average Bonchev–Trinajstić information content (AvgIpc) is 2.73. The summed E-state index contributed by atoms with van der Waals surface area (Å²) in [7, 11) is 3.48. The van der Waals surface area contributed by atoms with Gasteiger partial charge in [-0.15, -0.1) is 0 Å². The number of carbonyl (C=O) groups is 2. The van der Waals surface area contributed by atoms with E-state index in [0.29, 0.717) is 12.8 Å². The average molecular weight is 265 g/mol. The molecule has 1 aromatic heterocycles. The Kier molecular flexibility index (Phi) is 3.59. The van der Waals surface area contributed by atoms with Crippen LogP contribution in [-0.2, 0) is 23.1 Å². The van der Waals surface area contributed by atoms with Crippen molar-refractivity contribution in [3.63, 3.8) is 0 Å². The summed E-state index contributed by atoms with van der Waals surface area (Å²) in [6.45, 7) is 1.98. The summed E-state index contributed by atoms with van der Waals surface area (Å²) in [4.78, 5) is 24.8. The molecule has 1 saturated heterocycles. The Morgan fingerprint density at radius 2 is 2.21 bits per heavy atom. The molecule has 2 rings (SSSR count). The van der Waals surface area contributed by atoms with Gasteiger partial charge in [0.15, 0.2) is 0 Å². The Hall–Kier alpha value is -1.85. The van der Waals surface area contributed by atoms with Gasteiger partial charge in [-0.2, -0.15) is 5.10 Å². The zero-order valence-electron chi connectivity index (χ0n) is 11.5. The molecule has 0 saturated carbocycles. The molecule has 1 amide bonds. The van der Waals surface area contributed by atoms with Gasteiger partial charge in [-0.05, 0) is 12.8 Å². The van der Waals surface area contributed by atoms with E-state index in [1.165, 1.54) is 0 Å². The number of hydrogen-bond donors (Lipinski definition) is 1. The van der Waals surface area contributed by atoms with Gasteiger partial charge in [0.1, 0.15) is 0 Å². The molecule has 2 heterocycles. The number of aromatic nitrogens is 2. The Morgan fingerprint density at radius 3 is 2.79 bits per heavy atom. The first-order valence-corrected chi connectivity index (χ1v) is 6.46.